The molecule has 0 bridgehead atoms. The van der Waals surface area contributed by atoms with E-state index >= 15 is 0 Å². The number of rotatable bonds is 5. The number of aliphatic carboxylic acids is 1. The van der Waals surface area contributed by atoms with Crippen molar-refractivity contribution in [2.75, 3.05) is 0 Å². The van der Waals surface area contributed by atoms with Crippen LogP contribution in [0.1, 0.15) is 34.3 Å². The van der Waals surface area contributed by atoms with Crippen LogP contribution in [0.3, 0.4) is 0 Å². The van der Waals surface area contributed by atoms with Crippen LogP contribution < -0.4 is 5.32 Å². The molecule has 1 heterocycles. The van der Waals surface area contributed by atoms with Gasteiger partial charge in [-0.3, -0.25) is 4.79 Å². The van der Waals surface area contributed by atoms with E-state index in [9.17, 15) is 14.7 Å². The molecule has 0 aliphatic heterocycles. The third-order valence-corrected chi connectivity index (χ3v) is 4.37. The second kappa shape index (κ2) is 6.46. The average Bonchev–Trinajstić information content (AvgIpc) is 2.92. The standard InChI is InChI=1S/C15H15ClN2O3S/c1-3-15(14(20)21,10-4-6-11(16)7-5-10)17-13(19)12-8-9(2)22-18-12/h4-8H,3H2,1-2H3,(H,17,19)(H,20,21). The van der Waals surface area contributed by atoms with Gasteiger partial charge < -0.3 is 10.4 Å². The van der Waals surface area contributed by atoms with Gasteiger partial charge in [0, 0.05) is 9.90 Å². The average molecular weight is 339 g/mol. The van der Waals surface area contributed by atoms with Gasteiger partial charge in [0.05, 0.1) is 0 Å². The summed E-state index contributed by atoms with van der Waals surface area (Å²) in [6.07, 6.45) is 0.193. The van der Waals surface area contributed by atoms with Crippen molar-refractivity contribution in [2.45, 2.75) is 25.8 Å². The van der Waals surface area contributed by atoms with Crippen molar-refractivity contribution < 1.29 is 14.7 Å². The fourth-order valence-corrected chi connectivity index (χ4v) is 2.83. The Hall–Kier alpha value is -1.92. The Morgan fingerprint density at radius 3 is 2.45 bits per heavy atom. The van der Waals surface area contributed by atoms with Crippen molar-refractivity contribution in [3.8, 4) is 0 Å². The lowest BCUT2D eigenvalue weighted by molar-refractivity contribution is -0.145. The summed E-state index contributed by atoms with van der Waals surface area (Å²) >= 11 is 7.04. The van der Waals surface area contributed by atoms with Crippen LogP contribution in [0.15, 0.2) is 30.3 Å². The number of carboxylic acids is 1. The maximum absolute atomic E-state index is 12.3. The van der Waals surface area contributed by atoms with E-state index in [1.165, 1.54) is 11.5 Å². The van der Waals surface area contributed by atoms with Crippen LogP contribution in [0.4, 0.5) is 0 Å². The number of carboxylic acid groups (broad SMARTS) is 1. The smallest absolute Gasteiger partial charge is 0.334 e. The summed E-state index contributed by atoms with van der Waals surface area (Å²) in [4.78, 5) is 25.0. The van der Waals surface area contributed by atoms with Gasteiger partial charge in [0.2, 0.25) is 0 Å². The predicted molar refractivity (Wildman–Crippen MR) is 85.4 cm³/mol. The number of benzene rings is 1. The van der Waals surface area contributed by atoms with E-state index < -0.39 is 17.4 Å². The molecular formula is C15H15ClN2O3S. The van der Waals surface area contributed by atoms with Crippen LogP contribution in [-0.4, -0.2) is 21.4 Å². The molecule has 1 unspecified atom stereocenters. The molecule has 2 aromatic rings. The Balaban J connectivity index is 2.39. The van der Waals surface area contributed by atoms with Crippen LogP contribution in [0.5, 0.6) is 0 Å². The number of halogens is 1. The van der Waals surface area contributed by atoms with Crippen molar-refractivity contribution in [3.63, 3.8) is 0 Å². The molecule has 2 rings (SSSR count). The molecule has 1 atom stereocenters. The number of carbonyl (C=O) groups is 2. The first-order valence-corrected chi connectivity index (χ1v) is 7.79. The monoisotopic (exact) mass is 338 g/mol. The van der Waals surface area contributed by atoms with Gasteiger partial charge in [-0.15, -0.1) is 0 Å². The van der Waals surface area contributed by atoms with E-state index in [2.05, 4.69) is 9.69 Å². The third-order valence-electron chi connectivity index (χ3n) is 3.42. The molecule has 1 aromatic heterocycles. The molecule has 1 aromatic carbocycles. The molecule has 0 spiro atoms. The van der Waals surface area contributed by atoms with Crippen LogP contribution in [0.25, 0.3) is 0 Å². The van der Waals surface area contributed by atoms with Gasteiger partial charge in [-0.2, -0.15) is 4.37 Å². The summed E-state index contributed by atoms with van der Waals surface area (Å²) in [5.41, 5.74) is -0.832. The van der Waals surface area contributed by atoms with E-state index in [0.717, 1.165) is 4.88 Å². The summed E-state index contributed by atoms with van der Waals surface area (Å²) < 4.78 is 4.02. The minimum Gasteiger partial charge on any atom is -0.479 e. The highest BCUT2D eigenvalue weighted by atomic mass is 35.5. The topological polar surface area (TPSA) is 79.3 Å². The van der Waals surface area contributed by atoms with E-state index in [-0.39, 0.29) is 12.1 Å². The third kappa shape index (κ3) is 3.13. The maximum Gasteiger partial charge on any atom is 0.334 e. The molecule has 5 nitrogen and oxygen atoms in total. The van der Waals surface area contributed by atoms with E-state index in [1.807, 2.05) is 6.92 Å². The molecule has 0 saturated heterocycles. The Morgan fingerprint density at radius 1 is 1.36 bits per heavy atom. The molecule has 22 heavy (non-hydrogen) atoms. The zero-order valence-electron chi connectivity index (χ0n) is 12.1. The molecule has 0 aliphatic rings. The van der Waals surface area contributed by atoms with Crippen molar-refractivity contribution in [2.24, 2.45) is 0 Å². The van der Waals surface area contributed by atoms with Gasteiger partial charge in [0.1, 0.15) is 5.69 Å². The summed E-state index contributed by atoms with van der Waals surface area (Å²) in [7, 11) is 0. The molecule has 0 radical (unpaired) electrons. The van der Waals surface area contributed by atoms with Crippen LogP contribution >= 0.6 is 23.1 Å². The lowest BCUT2D eigenvalue weighted by Crippen LogP contribution is -2.51. The number of carbonyl (C=O) groups excluding carboxylic acids is 1. The first-order chi connectivity index (χ1) is 10.4. The Labute approximate surface area is 137 Å². The summed E-state index contributed by atoms with van der Waals surface area (Å²) in [6, 6.07) is 8.04. The SMILES string of the molecule is CCC(NC(=O)c1cc(C)sn1)(C(=O)O)c1ccc(Cl)cc1. The van der Waals surface area contributed by atoms with Gasteiger partial charge in [0.15, 0.2) is 5.54 Å². The number of aromatic nitrogens is 1. The summed E-state index contributed by atoms with van der Waals surface area (Å²) in [5, 5.41) is 12.8. The van der Waals surface area contributed by atoms with Gasteiger partial charge in [0.25, 0.3) is 5.91 Å². The normalized spacial score (nSPS) is 13.4. The number of amides is 1. The fraction of sp³-hybridized carbons (Fsp3) is 0.267. The largest absolute Gasteiger partial charge is 0.479 e. The van der Waals surface area contributed by atoms with Crippen molar-refractivity contribution in [3.05, 3.63) is 51.5 Å². The summed E-state index contributed by atoms with van der Waals surface area (Å²) in [5.74, 6) is -1.64. The minimum absolute atomic E-state index is 0.193. The van der Waals surface area contributed by atoms with Gasteiger partial charge in [-0.05, 0) is 48.6 Å². The fourth-order valence-electron chi connectivity index (χ4n) is 2.16. The van der Waals surface area contributed by atoms with Gasteiger partial charge in [-0.1, -0.05) is 30.7 Å². The highest BCUT2D eigenvalue weighted by molar-refractivity contribution is 7.05. The highest BCUT2D eigenvalue weighted by Gasteiger charge is 2.40. The Morgan fingerprint density at radius 2 is 2.00 bits per heavy atom. The molecule has 0 saturated carbocycles. The maximum atomic E-state index is 12.3. The summed E-state index contributed by atoms with van der Waals surface area (Å²) in [6.45, 7) is 3.53. The van der Waals surface area contributed by atoms with Crippen LogP contribution in [0.2, 0.25) is 5.02 Å². The lowest BCUT2D eigenvalue weighted by atomic mass is 9.87. The van der Waals surface area contributed by atoms with Gasteiger partial charge in [-0.25, -0.2) is 4.79 Å². The predicted octanol–water partition coefficient (Wildman–Crippen LogP) is 3.22. The van der Waals surface area contributed by atoms with E-state index in [4.69, 9.17) is 11.6 Å². The molecule has 7 heteroatoms. The quantitative estimate of drug-likeness (QED) is 0.877. The molecular weight excluding hydrogens is 324 g/mol. The van der Waals surface area contributed by atoms with E-state index in [1.54, 1.807) is 37.3 Å². The molecule has 1 amide bonds. The van der Waals surface area contributed by atoms with Crippen molar-refractivity contribution >= 4 is 35.0 Å². The lowest BCUT2D eigenvalue weighted by Gasteiger charge is -2.29. The second-order valence-corrected chi connectivity index (χ2v) is 6.29. The van der Waals surface area contributed by atoms with E-state index in [0.29, 0.717) is 10.6 Å². The number of nitrogens with one attached hydrogen (secondary N) is 1. The van der Waals surface area contributed by atoms with Crippen LogP contribution in [-0.2, 0) is 10.3 Å². The van der Waals surface area contributed by atoms with Gasteiger partial charge >= 0.3 is 5.97 Å². The highest BCUT2D eigenvalue weighted by Crippen LogP contribution is 2.27. The number of hydrogen-bond acceptors (Lipinski definition) is 4. The zero-order chi connectivity index (χ0) is 16.3. The molecule has 0 aliphatic carbocycles. The van der Waals surface area contributed by atoms with Crippen LogP contribution in [0, 0.1) is 6.92 Å². The van der Waals surface area contributed by atoms with Crippen molar-refractivity contribution in [1.29, 1.82) is 0 Å². The number of aryl methyl sites for hydroxylation is 1. The number of hydrogen-bond donors (Lipinski definition) is 2. The first-order valence-electron chi connectivity index (χ1n) is 6.64. The second-order valence-electron chi connectivity index (χ2n) is 4.85. The Bertz CT molecular complexity index is 699. The zero-order valence-corrected chi connectivity index (χ0v) is 13.7. The first kappa shape index (κ1) is 16.5. The number of nitrogens with zero attached hydrogens (tertiary/aromatic N) is 1. The molecule has 116 valence electrons. The molecule has 0 fully saturated rings. The Kier molecular flexibility index (Phi) is 4.83. The minimum atomic E-state index is -1.51. The van der Waals surface area contributed by atoms with Crippen molar-refractivity contribution in [1.82, 2.24) is 9.69 Å². The molecule has 2 N–H and O–H groups in total.